The van der Waals surface area contributed by atoms with Gasteiger partial charge >= 0.3 is 11.9 Å². The van der Waals surface area contributed by atoms with Crippen LogP contribution in [0.25, 0.3) is 5.57 Å². The second-order valence-corrected chi connectivity index (χ2v) is 6.79. The molecule has 5 nitrogen and oxygen atoms in total. The van der Waals surface area contributed by atoms with E-state index in [4.69, 9.17) is 4.74 Å². The summed E-state index contributed by atoms with van der Waals surface area (Å²) in [6.45, 7) is 5.34. The zero-order valence-corrected chi connectivity index (χ0v) is 16.9. The molecule has 28 heavy (non-hydrogen) atoms. The monoisotopic (exact) mass is 380 g/mol. The van der Waals surface area contributed by atoms with Crippen LogP contribution >= 0.6 is 0 Å². The minimum atomic E-state index is -1.01. The van der Waals surface area contributed by atoms with Crippen LogP contribution in [0.3, 0.4) is 0 Å². The molecule has 5 heteroatoms. The van der Waals surface area contributed by atoms with Gasteiger partial charge in [0.2, 0.25) is 0 Å². The van der Waals surface area contributed by atoms with Crippen molar-refractivity contribution in [2.75, 3.05) is 14.1 Å². The van der Waals surface area contributed by atoms with Gasteiger partial charge in [-0.05, 0) is 62.2 Å². The van der Waals surface area contributed by atoms with Gasteiger partial charge in [-0.3, -0.25) is 0 Å². The molecule has 2 aromatic rings. The van der Waals surface area contributed by atoms with Gasteiger partial charge in [-0.1, -0.05) is 24.3 Å². The van der Waals surface area contributed by atoms with E-state index >= 15 is 0 Å². The van der Waals surface area contributed by atoms with Crippen molar-refractivity contribution in [3.8, 4) is 5.75 Å². The lowest BCUT2D eigenvalue weighted by atomic mass is 10.0. The molecule has 0 fully saturated rings. The van der Waals surface area contributed by atoms with Crippen molar-refractivity contribution in [3.63, 3.8) is 0 Å². The third kappa shape index (κ3) is 4.75. The number of allylic oxidation sites excluding steroid dienone is 3. The molecule has 0 aliphatic carbocycles. The van der Waals surface area contributed by atoms with Crippen LogP contribution < -0.4 is 9.64 Å². The molecular weight excluding hydrogens is 354 g/mol. The number of rotatable bonds is 6. The fourth-order valence-electron chi connectivity index (χ4n) is 3.00. The smallest absolute Gasteiger partial charge is 0.344 e. The topological polar surface area (TPSA) is 68.0 Å². The summed E-state index contributed by atoms with van der Waals surface area (Å²) in [6, 6.07) is 10.7. The molecule has 0 aromatic heterocycles. The van der Waals surface area contributed by atoms with Crippen molar-refractivity contribution in [2.45, 2.75) is 20.8 Å². The molecular formula is C23H26NO4+. The molecule has 0 amide bonds. The highest BCUT2D eigenvalue weighted by Gasteiger charge is 2.22. The maximum absolute atomic E-state index is 13.1. The zero-order chi connectivity index (χ0) is 20.8. The number of quaternary nitrogens is 1. The second-order valence-electron chi connectivity index (χ2n) is 6.79. The molecule has 0 radical (unpaired) electrons. The van der Waals surface area contributed by atoms with Gasteiger partial charge < -0.3 is 14.7 Å². The summed E-state index contributed by atoms with van der Waals surface area (Å²) in [7, 11) is 3.99. The molecule has 2 N–H and O–H groups in total. The first kappa shape index (κ1) is 21.1. The average molecular weight is 380 g/mol. The number of carboxylic acid groups (broad SMARTS) is 1. The summed E-state index contributed by atoms with van der Waals surface area (Å²) in [4.78, 5) is 25.4. The van der Waals surface area contributed by atoms with E-state index in [-0.39, 0.29) is 5.56 Å². The van der Waals surface area contributed by atoms with Crippen molar-refractivity contribution in [2.24, 2.45) is 0 Å². The lowest BCUT2D eigenvalue weighted by Gasteiger charge is -2.16. The Hall–Kier alpha value is -3.18. The van der Waals surface area contributed by atoms with Crippen LogP contribution in [0.5, 0.6) is 5.75 Å². The number of para-hydroxylation sites is 1. The molecule has 0 heterocycles. The van der Waals surface area contributed by atoms with Gasteiger partial charge in [0.05, 0.1) is 25.2 Å². The van der Waals surface area contributed by atoms with E-state index in [9.17, 15) is 14.7 Å². The summed E-state index contributed by atoms with van der Waals surface area (Å²) in [5, 5.41) is 9.20. The third-order valence-electron chi connectivity index (χ3n) is 4.33. The minimum absolute atomic E-state index is 0.168. The quantitative estimate of drug-likeness (QED) is 0.349. The summed E-state index contributed by atoms with van der Waals surface area (Å²) in [6.07, 6.45) is 5.38. The van der Waals surface area contributed by atoms with Crippen LogP contribution in [0.4, 0.5) is 5.69 Å². The van der Waals surface area contributed by atoms with Gasteiger partial charge in [0.15, 0.2) is 0 Å². The first-order valence-electron chi connectivity index (χ1n) is 9.05. The number of hydrogen-bond donors (Lipinski definition) is 2. The lowest BCUT2D eigenvalue weighted by molar-refractivity contribution is -0.786. The number of carboxylic acids is 1. The van der Waals surface area contributed by atoms with Crippen LogP contribution in [0.15, 0.2) is 54.6 Å². The normalized spacial score (nSPS) is 11.9. The van der Waals surface area contributed by atoms with Crippen LogP contribution in [-0.2, 0) is 4.79 Å². The molecule has 146 valence electrons. The molecule has 0 unspecified atom stereocenters. The Morgan fingerprint density at radius 1 is 1.07 bits per heavy atom. The van der Waals surface area contributed by atoms with Gasteiger partial charge in [-0.15, -0.1) is 0 Å². The minimum Gasteiger partial charge on any atom is -0.478 e. The van der Waals surface area contributed by atoms with Crippen molar-refractivity contribution < 1.29 is 24.3 Å². The van der Waals surface area contributed by atoms with Gasteiger partial charge in [0.25, 0.3) is 0 Å². The summed E-state index contributed by atoms with van der Waals surface area (Å²) in [5.41, 5.74) is 3.58. The summed E-state index contributed by atoms with van der Waals surface area (Å²) >= 11 is 0. The molecule has 0 saturated carbocycles. The van der Waals surface area contributed by atoms with E-state index < -0.39 is 11.9 Å². The molecule has 2 aromatic carbocycles. The molecule has 0 atom stereocenters. The maximum Gasteiger partial charge on any atom is 0.344 e. The van der Waals surface area contributed by atoms with E-state index in [0.717, 1.165) is 16.2 Å². The predicted octanol–water partition coefficient (Wildman–Crippen LogP) is 3.34. The Morgan fingerprint density at radius 3 is 2.21 bits per heavy atom. The SMILES string of the molecule is C/C=C\C=C(/C(=O)Oc1c(C)cc(C(=O)O)cc1C)c1ccccc1[NH+](C)C. The molecule has 0 saturated heterocycles. The Bertz CT molecular complexity index is 932. The molecule has 2 rings (SSSR count). The first-order chi connectivity index (χ1) is 13.3. The van der Waals surface area contributed by atoms with E-state index in [1.165, 1.54) is 12.1 Å². The summed E-state index contributed by atoms with van der Waals surface area (Å²) < 4.78 is 5.72. The number of hydrogen-bond acceptors (Lipinski definition) is 3. The summed E-state index contributed by atoms with van der Waals surface area (Å²) in [5.74, 6) is -1.11. The largest absolute Gasteiger partial charge is 0.478 e. The number of nitrogens with one attached hydrogen (secondary N) is 1. The Labute approximate surface area is 165 Å². The maximum atomic E-state index is 13.1. The highest BCUT2D eigenvalue weighted by atomic mass is 16.5. The highest BCUT2D eigenvalue weighted by molar-refractivity contribution is 6.18. The number of benzene rings is 2. The number of esters is 1. The van der Waals surface area contributed by atoms with Crippen LogP contribution in [-0.4, -0.2) is 31.1 Å². The average Bonchev–Trinajstić information content (AvgIpc) is 2.65. The predicted molar refractivity (Wildman–Crippen MR) is 110 cm³/mol. The van der Waals surface area contributed by atoms with E-state index in [1.807, 2.05) is 51.4 Å². The van der Waals surface area contributed by atoms with Gasteiger partial charge in [-0.25, -0.2) is 9.59 Å². The Balaban J connectivity index is 2.48. The zero-order valence-electron chi connectivity index (χ0n) is 16.9. The number of ether oxygens (including phenoxy) is 1. The van der Waals surface area contributed by atoms with E-state index in [2.05, 4.69) is 0 Å². The second kappa shape index (κ2) is 9.15. The number of carbonyl (C=O) groups excluding carboxylic acids is 1. The number of carbonyl (C=O) groups is 2. The van der Waals surface area contributed by atoms with Crippen molar-refractivity contribution >= 4 is 23.2 Å². The van der Waals surface area contributed by atoms with Crippen molar-refractivity contribution in [1.82, 2.24) is 0 Å². The van der Waals surface area contributed by atoms with Crippen molar-refractivity contribution in [3.05, 3.63) is 76.9 Å². The first-order valence-corrected chi connectivity index (χ1v) is 9.05. The van der Waals surface area contributed by atoms with Crippen LogP contribution in [0.2, 0.25) is 0 Å². The van der Waals surface area contributed by atoms with E-state index in [0.29, 0.717) is 22.4 Å². The molecule has 0 bridgehead atoms. The van der Waals surface area contributed by atoms with E-state index in [1.54, 1.807) is 26.0 Å². The molecule has 0 aliphatic rings. The highest BCUT2D eigenvalue weighted by Crippen LogP contribution is 2.28. The Kier molecular flexibility index (Phi) is 6.90. The third-order valence-corrected chi connectivity index (χ3v) is 4.33. The molecule has 0 aliphatic heterocycles. The number of aromatic carboxylic acids is 1. The van der Waals surface area contributed by atoms with Gasteiger partial charge in [-0.2, -0.15) is 0 Å². The lowest BCUT2D eigenvalue weighted by Crippen LogP contribution is -3.00. The van der Waals surface area contributed by atoms with Crippen molar-refractivity contribution in [1.29, 1.82) is 0 Å². The van der Waals surface area contributed by atoms with Crippen LogP contribution in [0, 0.1) is 13.8 Å². The van der Waals surface area contributed by atoms with Gasteiger partial charge in [0.1, 0.15) is 11.4 Å². The number of aryl methyl sites for hydroxylation is 2. The fraction of sp³-hybridized carbons (Fsp3) is 0.217. The standard InChI is InChI=1S/C23H25NO4/c1-6-7-10-19(18-11-8-9-12-20(18)24(4)5)23(27)28-21-15(2)13-17(22(25)26)14-16(21)3/h6-14H,1-5H3,(H,25,26)/p+1/b7-6-,19-10-. The molecule has 0 spiro atoms. The Morgan fingerprint density at radius 2 is 1.68 bits per heavy atom. The van der Waals surface area contributed by atoms with Gasteiger partial charge in [0, 0.05) is 5.56 Å². The van der Waals surface area contributed by atoms with Crippen LogP contribution in [0.1, 0.15) is 34.0 Å². The fourth-order valence-corrected chi connectivity index (χ4v) is 3.00.